The second kappa shape index (κ2) is 6.48. The van der Waals surface area contributed by atoms with Crippen LogP contribution in [0.25, 0.3) is 0 Å². The van der Waals surface area contributed by atoms with Crippen LogP contribution in [0.1, 0.15) is 27.7 Å². The first-order valence-electron chi connectivity index (χ1n) is 4.69. The van der Waals surface area contributed by atoms with Crippen LogP contribution in [0.4, 0.5) is 0 Å². The van der Waals surface area contributed by atoms with E-state index in [9.17, 15) is 0 Å². The summed E-state index contributed by atoms with van der Waals surface area (Å²) in [6, 6.07) is 0.225. The van der Waals surface area contributed by atoms with Gasteiger partial charge in [0.2, 0.25) is 3.53 Å². The summed E-state index contributed by atoms with van der Waals surface area (Å²) in [6.07, 6.45) is -2.70. The van der Waals surface area contributed by atoms with Crippen molar-refractivity contribution in [2.45, 2.75) is 47.9 Å². The molecule has 0 amide bonds. The zero-order valence-electron chi connectivity index (χ0n) is 9.42. The Labute approximate surface area is 128 Å². The first-order valence-corrected chi connectivity index (χ1v) is 9.52. The maximum atomic E-state index is 5.98. The Morgan fingerprint density at radius 1 is 1.00 bits per heavy atom. The van der Waals surface area contributed by atoms with Gasteiger partial charge in [0.15, 0.2) is 4.58 Å². The van der Waals surface area contributed by atoms with Gasteiger partial charge in [0.05, 0.1) is 6.19 Å². The molecule has 1 atom stereocenters. The Morgan fingerprint density at radius 2 is 1.31 bits per heavy atom. The van der Waals surface area contributed by atoms with Crippen LogP contribution in [0, 0.1) is 0 Å². The Hall–Kier alpha value is 2.06. The molecular formula is C8H15Cl5NPS. The molecule has 1 nitrogen and oxygen atoms in total. The van der Waals surface area contributed by atoms with E-state index in [0.717, 1.165) is 0 Å². The quantitative estimate of drug-likeness (QED) is 0.472. The number of halogens is 5. The minimum atomic E-state index is -2.70. The van der Waals surface area contributed by atoms with Crippen LogP contribution in [0.5, 0.6) is 0 Å². The van der Waals surface area contributed by atoms with Crippen LogP contribution in [0.2, 0.25) is 0 Å². The van der Waals surface area contributed by atoms with Crippen molar-refractivity contribution >= 4 is 76.0 Å². The largest absolute Gasteiger partial charge is 0.265 e. The van der Waals surface area contributed by atoms with Gasteiger partial charge < -0.3 is 0 Å². The van der Waals surface area contributed by atoms with Crippen molar-refractivity contribution in [1.29, 1.82) is 0 Å². The molecule has 0 aromatic carbocycles. The zero-order chi connectivity index (χ0) is 13.3. The third-order valence-electron chi connectivity index (χ3n) is 2.03. The van der Waals surface area contributed by atoms with E-state index in [4.69, 9.17) is 69.8 Å². The van der Waals surface area contributed by atoms with E-state index in [-0.39, 0.29) is 12.1 Å². The standard InChI is InChI=1S/C8H15Cl5NPS/c1-5(2)14(6(3)4)15(16,7(9)10)8(11,12)13/h5-7H,1-4H3/t15-/m1/s1. The summed E-state index contributed by atoms with van der Waals surface area (Å²) < 4.78 is -0.565. The van der Waals surface area contributed by atoms with E-state index in [1.807, 2.05) is 32.4 Å². The molecule has 0 bridgehead atoms. The van der Waals surface area contributed by atoms with Crippen molar-refractivity contribution in [3.63, 3.8) is 0 Å². The summed E-state index contributed by atoms with van der Waals surface area (Å²) in [5, 5.41) is 0. The minimum Gasteiger partial charge on any atom is -0.265 e. The van der Waals surface area contributed by atoms with Crippen LogP contribution < -0.4 is 0 Å². The van der Waals surface area contributed by atoms with Crippen LogP contribution in [-0.4, -0.2) is 24.9 Å². The van der Waals surface area contributed by atoms with Crippen LogP contribution in [0.15, 0.2) is 0 Å². The fourth-order valence-electron chi connectivity index (χ4n) is 1.62. The van der Waals surface area contributed by atoms with E-state index < -0.39 is 14.3 Å². The average molecular weight is 366 g/mol. The molecule has 0 heterocycles. The monoisotopic (exact) mass is 363 g/mol. The molecule has 0 saturated carbocycles. The van der Waals surface area contributed by atoms with Crippen molar-refractivity contribution < 1.29 is 0 Å². The average Bonchev–Trinajstić information content (AvgIpc) is 1.99. The molecule has 0 aliphatic carbocycles. The molecule has 16 heavy (non-hydrogen) atoms. The van der Waals surface area contributed by atoms with Crippen molar-refractivity contribution in [2.24, 2.45) is 0 Å². The maximum Gasteiger partial charge on any atom is 0.232 e. The van der Waals surface area contributed by atoms with Gasteiger partial charge >= 0.3 is 0 Å². The molecule has 0 saturated heterocycles. The third-order valence-corrected chi connectivity index (χ3v) is 12.5. The van der Waals surface area contributed by atoms with Gasteiger partial charge in [-0.15, -0.1) is 0 Å². The Bertz CT molecular complexity index is 268. The SMILES string of the molecule is CC(C)N(C(C)C)[P@@](=S)(C(Cl)Cl)C(Cl)(Cl)Cl. The fourth-order valence-corrected chi connectivity index (χ4v) is 8.86. The van der Waals surface area contributed by atoms with Crippen molar-refractivity contribution in [2.75, 3.05) is 0 Å². The third kappa shape index (κ3) is 3.78. The molecule has 0 rings (SSSR count). The first-order chi connectivity index (χ1) is 6.96. The number of alkyl halides is 5. The number of nitrogens with zero attached hydrogens (tertiary/aromatic N) is 1. The number of hydrogen-bond donors (Lipinski definition) is 0. The molecule has 0 aliphatic rings. The number of hydrogen-bond acceptors (Lipinski definition) is 1. The van der Waals surface area contributed by atoms with Crippen molar-refractivity contribution in [3.05, 3.63) is 0 Å². The molecule has 0 radical (unpaired) electrons. The lowest BCUT2D eigenvalue weighted by molar-refractivity contribution is 0.321. The van der Waals surface area contributed by atoms with E-state index in [0.29, 0.717) is 0 Å². The van der Waals surface area contributed by atoms with E-state index in [1.54, 1.807) is 0 Å². The summed E-state index contributed by atoms with van der Waals surface area (Å²) in [6.45, 7) is 7.92. The van der Waals surface area contributed by atoms with Gasteiger partial charge in [-0.25, -0.2) is 0 Å². The minimum absolute atomic E-state index is 0.112. The van der Waals surface area contributed by atoms with Gasteiger partial charge in [-0.2, -0.15) is 0 Å². The lowest BCUT2D eigenvalue weighted by atomic mass is 10.3. The molecule has 0 aliphatic heterocycles. The molecule has 0 spiro atoms. The predicted molar refractivity (Wildman–Crippen MR) is 82.2 cm³/mol. The van der Waals surface area contributed by atoms with E-state index >= 15 is 0 Å². The summed E-state index contributed by atoms with van der Waals surface area (Å²) in [5.41, 5.74) is 0. The zero-order valence-corrected chi connectivity index (χ0v) is 14.9. The molecule has 98 valence electrons. The fraction of sp³-hybridized carbons (Fsp3) is 1.00. The van der Waals surface area contributed by atoms with Crippen LogP contribution in [0.3, 0.4) is 0 Å². The molecule has 0 aromatic heterocycles. The lowest BCUT2D eigenvalue weighted by Gasteiger charge is -2.45. The van der Waals surface area contributed by atoms with Crippen molar-refractivity contribution in [3.8, 4) is 0 Å². The highest BCUT2D eigenvalue weighted by Crippen LogP contribution is 2.73. The normalized spacial score (nSPS) is 17.6. The molecule has 0 N–H and O–H groups in total. The molecule has 0 fully saturated rings. The molecule has 0 aromatic rings. The summed E-state index contributed by atoms with van der Waals surface area (Å²) in [5.74, 6) is 0. The van der Waals surface area contributed by atoms with Gasteiger partial charge in [0.1, 0.15) is 0 Å². The maximum absolute atomic E-state index is 5.98. The smallest absolute Gasteiger partial charge is 0.232 e. The van der Waals surface area contributed by atoms with Gasteiger partial charge in [-0.1, -0.05) is 69.8 Å². The molecular weight excluding hydrogens is 350 g/mol. The predicted octanol–water partition coefficient (Wildman–Crippen LogP) is 5.59. The summed E-state index contributed by atoms with van der Waals surface area (Å²) >= 11 is 35.4. The van der Waals surface area contributed by atoms with Gasteiger partial charge in [0.25, 0.3) is 0 Å². The highest BCUT2D eigenvalue weighted by atomic mass is 35.6. The first kappa shape index (κ1) is 18.1. The topological polar surface area (TPSA) is 3.24 Å². The highest BCUT2D eigenvalue weighted by Gasteiger charge is 2.50. The second-order valence-electron chi connectivity index (χ2n) is 3.94. The van der Waals surface area contributed by atoms with Crippen LogP contribution in [-0.2, 0) is 11.8 Å². The Morgan fingerprint density at radius 3 is 1.38 bits per heavy atom. The highest BCUT2D eigenvalue weighted by molar-refractivity contribution is 8.17. The van der Waals surface area contributed by atoms with Gasteiger partial charge in [-0.05, 0) is 27.7 Å². The Balaban J connectivity index is 5.60. The summed E-state index contributed by atoms with van der Waals surface area (Å²) in [4.78, 5) is 0. The van der Waals surface area contributed by atoms with Crippen molar-refractivity contribution in [1.82, 2.24) is 4.67 Å². The Kier molecular flexibility index (Phi) is 7.31. The van der Waals surface area contributed by atoms with Gasteiger partial charge in [-0.3, -0.25) is 4.67 Å². The molecule has 0 unspecified atom stereocenters. The van der Waals surface area contributed by atoms with E-state index in [2.05, 4.69) is 0 Å². The van der Waals surface area contributed by atoms with E-state index in [1.165, 1.54) is 0 Å². The molecule has 8 heteroatoms. The number of rotatable bonds is 4. The lowest BCUT2D eigenvalue weighted by Crippen LogP contribution is -2.39. The summed E-state index contributed by atoms with van der Waals surface area (Å²) in [7, 11) is 0. The second-order valence-corrected chi connectivity index (χ2v) is 13.3. The van der Waals surface area contributed by atoms with Crippen LogP contribution >= 0.6 is 64.2 Å². The van der Waals surface area contributed by atoms with Gasteiger partial charge in [0, 0.05) is 12.1 Å².